The maximum Gasteiger partial charge on any atom is 0.252 e. The van der Waals surface area contributed by atoms with Crippen molar-refractivity contribution in [2.75, 3.05) is 13.1 Å². The lowest BCUT2D eigenvalue weighted by Gasteiger charge is -2.46. The molecule has 9 heteroatoms. The summed E-state index contributed by atoms with van der Waals surface area (Å²) in [5.41, 5.74) is 4.06. The van der Waals surface area contributed by atoms with Gasteiger partial charge in [0.2, 0.25) is 0 Å². The van der Waals surface area contributed by atoms with Gasteiger partial charge >= 0.3 is 0 Å². The highest BCUT2D eigenvalue weighted by molar-refractivity contribution is 7.91. The zero-order valence-corrected chi connectivity index (χ0v) is 33.4. The third-order valence-electron chi connectivity index (χ3n) is 11.9. The third-order valence-corrected chi connectivity index (χ3v) is 16.0. The molecule has 2 N–H and O–H groups in total. The molecule has 0 spiro atoms. The van der Waals surface area contributed by atoms with E-state index >= 15 is 0 Å². The van der Waals surface area contributed by atoms with Crippen molar-refractivity contribution >= 4 is 38.5 Å². The molecule has 2 heterocycles. The van der Waals surface area contributed by atoms with Gasteiger partial charge in [-0.1, -0.05) is 97.4 Å². The largest absolute Gasteiger partial charge is 0.393 e. The summed E-state index contributed by atoms with van der Waals surface area (Å²) in [6, 6.07) is 31.2. The molecular weight excluding hydrogens is 731 g/mol. The maximum absolute atomic E-state index is 14.6. The summed E-state index contributed by atoms with van der Waals surface area (Å²) in [4.78, 5) is 15.7. The van der Waals surface area contributed by atoms with Crippen LogP contribution in [0, 0.1) is 5.41 Å². The van der Waals surface area contributed by atoms with Crippen molar-refractivity contribution in [3.05, 3.63) is 147 Å². The molecule has 1 saturated carbocycles. The number of sulfonamides is 1. The van der Waals surface area contributed by atoms with Crippen molar-refractivity contribution in [2.45, 2.75) is 87.0 Å². The highest BCUT2D eigenvalue weighted by atomic mass is 32.2. The second-order valence-corrected chi connectivity index (χ2v) is 19.5. The Morgan fingerprint density at radius 1 is 0.889 bits per heavy atom. The van der Waals surface area contributed by atoms with Gasteiger partial charge in [-0.05, 0) is 115 Å². The van der Waals surface area contributed by atoms with E-state index in [0.717, 1.165) is 33.6 Å². The normalized spacial score (nSPS) is 23.5. The van der Waals surface area contributed by atoms with Crippen molar-refractivity contribution in [1.29, 1.82) is 0 Å². The number of thiophene rings is 2. The molecule has 282 valence electrons. The van der Waals surface area contributed by atoms with Gasteiger partial charge < -0.3 is 10.2 Å². The van der Waals surface area contributed by atoms with E-state index in [-0.39, 0.29) is 29.0 Å². The van der Waals surface area contributed by atoms with E-state index in [4.69, 9.17) is 0 Å². The van der Waals surface area contributed by atoms with Crippen molar-refractivity contribution in [1.82, 2.24) is 4.31 Å². The Balaban J connectivity index is 1.29. The molecule has 3 aromatic carbocycles. The summed E-state index contributed by atoms with van der Waals surface area (Å²) in [6.45, 7) is 4.41. The van der Waals surface area contributed by atoms with E-state index in [1.54, 1.807) is 28.8 Å². The average molecular weight is 780 g/mol. The highest BCUT2D eigenvalue weighted by Gasteiger charge is 2.58. The summed E-state index contributed by atoms with van der Waals surface area (Å²) < 4.78 is 30.3. The number of allylic oxidation sites excluding steroid dienone is 2. The number of fused-ring (bicyclic) bond motifs is 8. The van der Waals surface area contributed by atoms with Crippen LogP contribution in [0.3, 0.4) is 0 Å². The predicted octanol–water partition coefficient (Wildman–Crippen LogP) is 9.68. The van der Waals surface area contributed by atoms with Gasteiger partial charge in [-0.25, -0.2) is 8.42 Å². The molecule has 0 radical (unpaired) electrons. The number of hydrogen-bond acceptors (Lipinski definition) is 7. The quantitative estimate of drug-likeness (QED) is 0.109. The van der Waals surface area contributed by atoms with Gasteiger partial charge in [0.25, 0.3) is 10.0 Å². The standard InChI is InChI=1S/C45H49NO5S3/c1-32-9-6-24-44(2)41(22-25-45(44,49)31-46(26-23-38-12-7-27-52-38)54(50,51)42-13-8-28-53-42)39-21-15-33(29-37(47)20-14-32)30-40(39)43(48)36-18-16-35(17-19-36)34-10-4-3-5-11-34/h3-5,7-13,15-19,21,27-28,30,37,41,47,49H,6,14,20,22-26,29,31H2,1-2H3. The number of nitrogens with zero attached hydrogens (tertiary/aromatic N) is 1. The number of benzene rings is 3. The molecule has 4 atom stereocenters. The minimum Gasteiger partial charge on any atom is -0.393 e. The fraction of sp³-hybridized carbons (Fsp3) is 0.356. The van der Waals surface area contributed by atoms with Crippen molar-refractivity contribution in [2.24, 2.45) is 5.41 Å². The first-order valence-corrected chi connectivity index (χ1v) is 22.1. The van der Waals surface area contributed by atoms with Crippen LogP contribution in [0.5, 0.6) is 0 Å². The summed E-state index contributed by atoms with van der Waals surface area (Å²) in [5, 5.41) is 27.8. The molecule has 5 aromatic rings. The summed E-state index contributed by atoms with van der Waals surface area (Å²) in [6.07, 6.45) is 6.30. The lowest BCUT2D eigenvalue weighted by molar-refractivity contribution is -0.0722. The number of aliphatic hydroxyl groups excluding tert-OH is 1. The second-order valence-electron chi connectivity index (χ2n) is 15.3. The summed E-state index contributed by atoms with van der Waals surface area (Å²) in [7, 11) is -3.89. The monoisotopic (exact) mass is 779 g/mol. The number of aliphatic hydroxyl groups is 2. The number of rotatable bonds is 10. The van der Waals surface area contributed by atoms with Crippen LogP contribution >= 0.6 is 22.7 Å². The van der Waals surface area contributed by atoms with E-state index in [9.17, 15) is 23.4 Å². The zero-order valence-electron chi connectivity index (χ0n) is 31.0. The fourth-order valence-corrected chi connectivity index (χ4v) is 11.9. The van der Waals surface area contributed by atoms with E-state index in [1.807, 2.05) is 90.3 Å². The van der Waals surface area contributed by atoms with Crippen molar-refractivity contribution in [3.8, 4) is 11.1 Å². The van der Waals surface area contributed by atoms with Crippen LogP contribution in [0.1, 0.15) is 90.2 Å². The Hall–Kier alpha value is -3.70. The number of ketones is 1. The SMILES string of the molecule is CC1=CCCC2(C)C(CCC2(O)CN(CCc2cccs2)S(=O)(=O)c2cccs2)c2ccc(cc2C(=O)c2ccc(-c3ccccc3)cc2)CC(O)CC1. The molecule has 0 aliphatic heterocycles. The van der Waals surface area contributed by atoms with Gasteiger partial charge in [-0.2, -0.15) is 4.31 Å². The Kier molecular flexibility index (Phi) is 11.6. The first-order valence-electron chi connectivity index (χ1n) is 18.9. The minimum absolute atomic E-state index is 0.0389. The predicted molar refractivity (Wildman–Crippen MR) is 220 cm³/mol. The maximum atomic E-state index is 14.6. The van der Waals surface area contributed by atoms with Crippen LogP contribution in [-0.4, -0.2) is 53.5 Å². The molecule has 0 amide bonds. The number of carbonyl (C=O) groups is 1. The number of carbonyl (C=O) groups excluding carboxylic acids is 1. The van der Waals surface area contributed by atoms with Crippen LogP contribution in [0.4, 0.5) is 0 Å². The van der Waals surface area contributed by atoms with E-state index in [2.05, 4.69) is 19.9 Å². The van der Waals surface area contributed by atoms with E-state index in [1.165, 1.54) is 21.2 Å². The first-order chi connectivity index (χ1) is 26.0. The topological polar surface area (TPSA) is 94.9 Å². The van der Waals surface area contributed by atoms with Crippen LogP contribution in [0.15, 0.2) is 124 Å². The first kappa shape index (κ1) is 38.6. The zero-order chi connectivity index (χ0) is 37.9. The van der Waals surface area contributed by atoms with Gasteiger partial charge in [0, 0.05) is 34.5 Å². The van der Waals surface area contributed by atoms with E-state index < -0.39 is 27.1 Å². The Morgan fingerprint density at radius 3 is 2.35 bits per heavy atom. The van der Waals surface area contributed by atoms with Crippen LogP contribution in [0.25, 0.3) is 11.1 Å². The summed E-state index contributed by atoms with van der Waals surface area (Å²) in [5.74, 6) is -0.316. The summed E-state index contributed by atoms with van der Waals surface area (Å²) >= 11 is 2.80. The molecule has 6 nitrogen and oxygen atoms in total. The minimum atomic E-state index is -3.89. The Labute approximate surface area is 327 Å². The molecular formula is C45H49NO5S3. The molecule has 2 aromatic heterocycles. The Bertz CT molecular complexity index is 2180. The molecule has 3 aliphatic rings. The number of hydrogen-bond donors (Lipinski definition) is 2. The molecule has 1 fully saturated rings. The molecule has 8 rings (SSSR count). The molecule has 54 heavy (non-hydrogen) atoms. The fourth-order valence-electron chi connectivity index (χ4n) is 8.60. The van der Waals surface area contributed by atoms with Gasteiger partial charge in [0.05, 0.1) is 11.7 Å². The third kappa shape index (κ3) is 7.99. The highest BCUT2D eigenvalue weighted by Crippen LogP contribution is 2.59. The van der Waals surface area contributed by atoms with Gasteiger partial charge in [0.1, 0.15) is 4.21 Å². The molecule has 2 bridgehead atoms. The van der Waals surface area contributed by atoms with Gasteiger partial charge in [0.15, 0.2) is 5.78 Å². The lowest BCUT2D eigenvalue weighted by atomic mass is 9.64. The van der Waals surface area contributed by atoms with Crippen LogP contribution in [0.2, 0.25) is 0 Å². The second kappa shape index (κ2) is 16.2. The lowest BCUT2D eigenvalue weighted by Crippen LogP contribution is -2.54. The van der Waals surface area contributed by atoms with Gasteiger partial charge in [-0.15, -0.1) is 22.7 Å². The molecule has 0 saturated heterocycles. The molecule has 4 unspecified atom stereocenters. The van der Waals surface area contributed by atoms with Crippen molar-refractivity contribution in [3.63, 3.8) is 0 Å². The van der Waals surface area contributed by atoms with Crippen LogP contribution in [-0.2, 0) is 22.9 Å². The van der Waals surface area contributed by atoms with E-state index in [0.29, 0.717) is 56.1 Å². The van der Waals surface area contributed by atoms with Crippen LogP contribution < -0.4 is 0 Å². The van der Waals surface area contributed by atoms with Gasteiger partial charge in [-0.3, -0.25) is 4.79 Å². The van der Waals surface area contributed by atoms with Crippen molar-refractivity contribution < 1.29 is 23.4 Å². The average Bonchev–Trinajstić information content (AvgIpc) is 3.96. The molecule has 3 aliphatic carbocycles. The Morgan fingerprint density at radius 2 is 1.63 bits per heavy atom. The smallest absolute Gasteiger partial charge is 0.252 e.